The Bertz CT molecular complexity index is 681. The summed E-state index contributed by atoms with van der Waals surface area (Å²) in [6.07, 6.45) is 1.72. The molecule has 27 heavy (non-hydrogen) atoms. The number of piperidine rings is 1. The molecule has 0 aromatic carbocycles. The lowest BCUT2D eigenvalue weighted by Crippen LogP contribution is -2.54. The molecule has 0 bridgehead atoms. The Hall–Kier alpha value is -2.58. The van der Waals surface area contributed by atoms with Crippen molar-refractivity contribution in [2.45, 2.75) is 19.8 Å². The highest BCUT2D eigenvalue weighted by molar-refractivity contribution is 5.81. The van der Waals surface area contributed by atoms with E-state index in [9.17, 15) is 9.59 Å². The average molecular weight is 375 g/mol. The van der Waals surface area contributed by atoms with E-state index in [0.29, 0.717) is 32.7 Å². The second-order valence-electron chi connectivity index (χ2n) is 7.50. The predicted octanol–water partition coefficient (Wildman–Crippen LogP) is 0.409. The Morgan fingerprint density at radius 1 is 1.11 bits per heavy atom. The van der Waals surface area contributed by atoms with E-state index >= 15 is 0 Å². The molecule has 2 fully saturated rings. The molecule has 3 heterocycles. The van der Waals surface area contributed by atoms with Crippen LogP contribution in [0.1, 0.15) is 18.5 Å². The summed E-state index contributed by atoms with van der Waals surface area (Å²) in [4.78, 5) is 41.0. The molecule has 0 aliphatic carbocycles. The summed E-state index contributed by atoms with van der Waals surface area (Å²) in [5.41, 5.74) is 6.59. The largest absolute Gasteiger partial charge is 0.368 e. The van der Waals surface area contributed by atoms with Crippen molar-refractivity contribution in [2.75, 3.05) is 64.0 Å². The standard InChI is InChI=1S/C18H29N7O2/c1-13-11-15(21-17(19)20-13)23-7-9-24(10-8-23)16(26)14-5-4-6-25(12-14)18(27)22(2)3/h11,14H,4-10,12H2,1-3H3,(H2,19,20,21)/t14-/m1/s1. The number of anilines is 2. The quantitative estimate of drug-likeness (QED) is 0.804. The zero-order valence-corrected chi connectivity index (χ0v) is 16.4. The fourth-order valence-corrected chi connectivity index (χ4v) is 3.79. The van der Waals surface area contributed by atoms with E-state index in [1.165, 1.54) is 0 Å². The molecule has 2 aliphatic heterocycles. The number of aromatic nitrogens is 2. The van der Waals surface area contributed by atoms with E-state index in [4.69, 9.17) is 5.73 Å². The number of rotatable bonds is 2. The van der Waals surface area contributed by atoms with E-state index in [0.717, 1.165) is 30.9 Å². The highest BCUT2D eigenvalue weighted by Crippen LogP contribution is 2.22. The lowest BCUT2D eigenvalue weighted by Gasteiger charge is -2.39. The lowest BCUT2D eigenvalue weighted by atomic mass is 9.96. The summed E-state index contributed by atoms with van der Waals surface area (Å²) in [6, 6.07) is 1.90. The van der Waals surface area contributed by atoms with Crippen molar-refractivity contribution in [1.82, 2.24) is 24.7 Å². The molecule has 3 amide bonds. The molecule has 0 unspecified atom stereocenters. The number of likely N-dealkylation sites (tertiary alicyclic amines) is 1. The maximum Gasteiger partial charge on any atom is 0.319 e. The van der Waals surface area contributed by atoms with Crippen LogP contribution in [-0.4, -0.2) is 90.0 Å². The van der Waals surface area contributed by atoms with Crippen LogP contribution in [-0.2, 0) is 4.79 Å². The van der Waals surface area contributed by atoms with Crippen LogP contribution in [0.5, 0.6) is 0 Å². The van der Waals surface area contributed by atoms with Crippen LogP contribution in [0.15, 0.2) is 6.07 Å². The molecule has 0 saturated carbocycles. The lowest BCUT2D eigenvalue weighted by molar-refractivity contribution is -0.137. The first-order valence-corrected chi connectivity index (χ1v) is 9.46. The highest BCUT2D eigenvalue weighted by atomic mass is 16.2. The highest BCUT2D eigenvalue weighted by Gasteiger charge is 2.33. The minimum atomic E-state index is -0.105. The van der Waals surface area contributed by atoms with Crippen molar-refractivity contribution in [3.05, 3.63) is 11.8 Å². The van der Waals surface area contributed by atoms with Crippen molar-refractivity contribution < 1.29 is 9.59 Å². The zero-order valence-electron chi connectivity index (χ0n) is 16.4. The number of nitrogens with two attached hydrogens (primary N) is 1. The zero-order chi connectivity index (χ0) is 19.6. The third kappa shape index (κ3) is 4.40. The van der Waals surface area contributed by atoms with E-state index < -0.39 is 0 Å². The molecule has 1 aromatic rings. The molecule has 2 saturated heterocycles. The predicted molar refractivity (Wildman–Crippen MR) is 103 cm³/mol. The van der Waals surface area contributed by atoms with E-state index in [1.807, 2.05) is 17.9 Å². The van der Waals surface area contributed by atoms with E-state index in [2.05, 4.69) is 14.9 Å². The first-order chi connectivity index (χ1) is 12.8. The number of piperazine rings is 1. The van der Waals surface area contributed by atoms with Gasteiger partial charge < -0.3 is 25.3 Å². The average Bonchev–Trinajstić information content (AvgIpc) is 2.66. The Morgan fingerprint density at radius 2 is 1.81 bits per heavy atom. The third-order valence-corrected chi connectivity index (χ3v) is 5.20. The van der Waals surface area contributed by atoms with Crippen LogP contribution in [0.3, 0.4) is 0 Å². The maximum atomic E-state index is 13.0. The Morgan fingerprint density at radius 3 is 2.44 bits per heavy atom. The molecule has 9 heteroatoms. The Balaban J connectivity index is 1.57. The maximum absolute atomic E-state index is 13.0. The summed E-state index contributed by atoms with van der Waals surface area (Å²) >= 11 is 0. The van der Waals surface area contributed by atoms with E-state index in [-0.39, 0.29) is 23.8 Å². The molecule has 2 N–H and O–H groups in total. The van der Waals surface area contributed by atoms with Gasteiger partial charge in [0.15, 0.2) is 0 Å². The van der Waals surface area contributed by atoms with Gasteiger partial charge in [0.25, 0.3) is 0 Å². The number of carbonyl (C=O) groups is 2. The number of hydrogen-bond acceptors (Lipinski definition) is 6. The topological polar surface area (TPSA) is 98.9 Å². The van der Waals surface area contributed by atoms with Gasteiger partial charge in [-0.25, -0.2) is 9.78 Å². The molecule has 0 spiro atoms. The smallest absolute Gasteiger partial charge is 0.319 e. The van der Waals surface area contributed by atoms with Crippen molar-refractivity contribution in [1.29, 1.82) is 0 Å². The summed E-state index contributed by atoms with van der Waals surface area (Å²) < 4.78 is 0. The molecule has 1 atom stereocenters. The Kier molecular flexibility index (Phi) is 5.67. The van der Waals surface area contributed by atoms with Crippen molar-refractivity contribution in [2.24, 2.45) is 5.92 Å². The van der Waals surface area contributed by atoms with Gasteiger partial charge in [0.05, 0.1) is 5.92 Å². The number of urea groups is 1. The van der Waals surface area contributed by atoms with Crippen LogP contribution in [0.25, 0.3) is 0 Å². The second kappa shape index (κ2) is 7.98. The monoisotopic (exact) mass is 375 g/mol. The summed E-state index contributed by atoms with van der Waals surface area (Å²) in [5.74, 6) is 1.14. The normalized spacial score (nSPS) is 20.6. The summed E-state index contributed by atoms with van der Waals surface area (Å²) in [7, 11) is 3.49. The first kappa shape index (κ1) is 19.2. The van der Waals surface area contributed by atoms with E-state index in [1.54, 1.807) is 23.9 Å². The number of carbonyl (C=O) groups excluding carboxylic acids is 2. The molecule has 3 rings (SSSR count). The molecule has 0 radical (unpaired) electrons. The minimum absolute atomic E-state index is 0.0194. The van der Waals surface area contributed by atoms with Crippen molar-refractivity contribution in [3.63, 3.8) is 0 Å². The van der Waals surface area contributed by atoms with Gasteiger partial charge >= 0.3 is 6.03 Å². The van der Waals surface area contributed by atoms with Gasteiger partial charge in [-0.2, -0.15) is 4.98 Å². The molecule has 148 valence electrons. The van der Waals surface area contributed by atoms with Gasteiger partial charge in [0, 0.05) is 65.1 Å². The molecular weight excluding hydrogens is 346 g/mol. The number of nitrogen functional groups attached to an aromatic ring is 1. The number of hydrogen-bond donors (Lipinski definition) is 1. The number of nitrogens with zero attached hydrogens (tertiary/aromatic N) is 6. The fourth-order valence-electron chi connectivity index (χ4n) is 3.79. The van der Waals surface area contributed by atoms with Crippen molar-refractivity contribution >= 4 is 23.7 Å². The molecular formula is C18H29N7O2. The van der Waals surface area contributed by atoms with Gasteiger partial charge in [-0.15, -0.1) is 0 Å². The fraction of sp³-hybridized carbons (Fsp3) is 0.667. The molecule has 2 aliphatic rings. The summed E-state index contributed by atoms with van der Waals surface area (Å²) in [5, 5.41) is 0. The van der Waals surface area contributed by atoms with Gasteiger partial charge in [0.1, 0.15) is 5.82 Å². The van der Waals surface area contributed by atoms with Crippen LogP contribution >= 0.6 is 0 Å². The molecule has 1 aromatic heterocycles. The van der Waals surface area contributed by atoms with Gasteiger partial charge in [-0.05, 0) is 19.8 Å². The number of aryl methyl sites for hydroxylation is 1. The summed E-state index contributed by atoms with van der Waals surface area (Å²) in [6.45, 7) is 5.87. The van der Waals surface area contributed by atoms with Crippen molar-refractivity contribution in [3.8, 4) is 0 Å². The second-order valence-corrected chi connectivity index (χ2v) is 7.50. The van der Waals surface area contributed by atoms with Crippen LogP contribution in [0.2, 0.25) is 0 Å². The van der Waals surface area contributed by atoms with Gasteiger partial charge in [-0.1, -0.05) is 0 Å². The van der Waals surface area contributed by atoms with Crippen LogP contribution in [0, 0.1) is 12.8 Å². The SMILES string of the molecule is Cc1cc(N2CCN(C(=O)[C@@H]3CCCN(C(=O)N(C)C)C3)CC2)nc(N)n1. The van der Waals surface area contributed by atoms with Gasteiger partial charge in [0.2, 0.25) is 11.9 Å². The Labute approximate surface area is 160 Å². The van der Waals surface area contributed by atoms with Crippen LogP contribution in [0.4, 0.5) is 16.6 Å². The molecule has 9 nitrogen and oxygen atoms in total. The first-order valence-electron chi connectivity index (χ1n) is 9.46. The van der Waals surface area contributed by atoms with Gasteiger partial charge in [-0.3, -0.25) is 4.79 Å². The number of amides is 3. The van der Waals surface area contributed by atoms with Crippen LogP contribution < -0.4 is 10.6 Å². The third-order valence-electron chi connectivity index (χ3n) is 5.20. The minimum Gasteiger partial charge on any atom is -0.368 e.